The normalized spacial score (nSPS) is 13.2. The van der Waals surface area contributed by atoms with Crippen LogP contribution in [-0.4, -0.2) is 13.0 Å². The number of amides is 1. The van der Waals surface area contributed by atoms with Crippen LogP contribution in [0.3, 0.4) is 0 Å². The van der Waals surface area contributed by atoms with Crippen LogP contribution in [0.25, 0.3) is 0 Å². The van der Waals surface area contributed by atoms with Gasteiger partial charge >= 0.3 is 0 Å². The third kappa shape index (κ3) is 4.49. The minimum Gasteiger partial charge on any atom is -0.326 e. The molecule has 0 heterocycles. The lowest BCUT2D eigenvalue weighted by Crippen LogP contribution is -2.21. The van der Waals surface area contributed by atoms with E-state index in [4.69, 9.17) is 0 Å². The lowest BCUT2D eigenvalue weighted by atomic mass is 9.92. The predicted molar refractivity (Wildman–Crippen MR) is 76.6 cm³/mol. The van der Waals surface area contributed by atoms with Gasteiger partial charge in [0.25, 0.3) is 0 Å². The first-order chi connectivity index (χ1) is 8.33. The van der Waals surface area contributed by atoms with Crippen LogP contribution in [0.5, 0.6) is 0 Å². The van der Waals surface area contributed by atoms with E-state index in [1.165, 1.54) is 0 Å². The van der Waals surface area contributed by atoms with Crippen molar-refractivity contribution in [2.75, 3.05) is 12.4 Å². The topological polar surface area (TPSA) is 41.1 Å². The summed E-state index contributed by atoms with van der Waals surface area (Å²) in [7, 11) is 1.92. The number of hydrogen-bond acceptors (Lipinski definition) is 2. The van der Waals surface area contributed by atoms with Crippen LogP contribution in [-0.2, 0) is 4.79 Å². The Balaban J connectivity index is 2.81. The van der Waals surface area contributed by atoms with Gasteiger partial charge in [0.15, 0.2) is 0 Å². The van der Waals surface area contributed by atoms with E-state index in [9.17, 15) is 4.79 Å². The maximum atomic E-state index is 12.0. The Hall–Kier alpha value is -1.35. The lowest BCUT2D eigenvalue weighted by Gasteiger charge is -2.20. The van der Waals surface area contributed by atoms with E-state index in [1.807, 2.05) is 31.3 Å². The molecular formula is C15H24N2O. The van der Waals surface area contributed by atoms with Crippen molar-refractivity contribution >= 4 is 11.6 Å². The molecule has 100 valence electrons. The van der Waals surface area contributed by atoms with Crippen LogP contribution < -0.4 is 10.6 Å². The molecule has 3 nitrogen and oxygen atoms in total. The summed E-state index contributed by atoms with van der Waals surface area (Å²) in [4.78, 5) is 12.0. The summed E-state index contributed by atoms with van der Waals surface area (Å²) >= 11 is 0. The fourth-order valence-electron chi connectivity index (χ4n) is 1.82. The second kappa shape index (κ2) is 6.01. The molecule has 1 rings (SSSR count). The molecule has 0 fully saturated rings. The molecule has 1 atom stereocenters. The van der Waals surface area contributed by atoms with Gasteiger partial charge in [0.2, 0.25) is 5.91 Å². The van der Waals surface area contributed by atoms with E-state index < -0.39 is 0 Å². The zero-order valence-corrected chi connectivity index (χ0v) is 12.0. The summed E-state index contributed by atoms with van der Waals surface area (Å²) in [6.45, 7) is 8.27. The molecule has 2 N–H and O–H groups in total. The maximum Gasteiger partial charge on any atom is 0.224 e. The van der Waals surface area contributed by atoms with E-state index in [-0.39, 0.29) is 17.4 Å². The number of hydrogen-bond donors (Lipinski definition) is 2. The number of anilines is 1. The average Bonchev–Trinajstić information content (AvgIpc) is 2.26. The zero-order chi connectivity index (χ0) is 13.8. The number of para-hydroxylation sites is 1. The number of carbonyl (C=O) groups is 1. The highest BCUT2D eigenvalue weighted by atomic mass is 16.1. The second-order valence-electron chi connectivity index (χ2n) is 5.88. The molecule has 0 aliphatic carbocycles. The highest BCUT2D eigenvalue weighted by Gasteiger charge is 2.17. The monoisotopic (exact) mass is 248 g/mol. The number of carbonyl (C=O) groups excluding carboxylic acids is 1. The van der Waals surface area contributed by atoms with Gasteiger partial charge in [-0.05, 0) is 31.0 Å². The van der Waals surface area contributed by atoms with Crippen LogP contribution in [0, 0.1) is 5.41 Å². The second-order valence-corrected chi connectivity index (χ2v) is 5.88. The molecule has 1 amide bonds. The van der Waals surface area contributed by atoms with Crippen LogP contribution in [0.4, 0.5) is 5.69 Å². The smallest absolute Gasteiger partial charge is 0.224 e. The highest BCUT2D eigenvalue weighted by molar-refractivity contribution is 5.91. The van der Waals surface area contributed by atoms with Gasteiger partial charge in [-0.3, -0.25) is 4.79 Å². The SMILES string of the molecule is CNC(C)c1ccccc1NC(=O)CC(C)(C)C. The molecule has 0 aliphatic rings. The summed E-state index contributed by atoms with van der Waals surface area (Å²) in [5.41, 5.74) is 2.02. The van der Waals surface area contributed by atoms with Crippen molar-refractivity contribution in [2.45, 2.75) is 40.2 Å². The molecule has 0 saturated carbocycles. The van der Waals surface area contributed by atoms with E-state index in [2.05, 4.69) is 38.3 Å². The molecule has 0 aromatic heterocycles. The Kier molecular flexibility index (Phi) is 4.91. The van der Waals surface area contributed by atoms with E-state index in [0.717, 1.165) is 11.3 Å². The molecule has 18 heavy (non-hydrogen) atoms. The molecule has 1 unspecified atom stereocenters. The number of benzene rings is 1. The Morgan fingerprint density at radius 3 is 2.44 bits per heavy atom. The standard InChI is InChI=1S/C15H24N2O/c1-11(16-5)12-8-6-7-9-13(12)17-14(18)10-15(2,3)4/h6-9,11,16H,10H2,1-5H3,(H,17,18). The first-order valence-corrected chi connectivity index (χ1v) is 6.39. The van der Waals surface area contributed by atoms with E-state index in [0.29, 0.717) is 6.42 Å². The third-order valence-corrected chi connectivity index (χ3v) is 2.83. The first kappa shape index (κ1) is 14.7. The molecule has 0 aliphatic heterocycles. The van der Waals surface area contributed by atoms with Crippen molar-refractivity contribution < 1.29 is 4.79 Å². The molecule has 1 aromatic carbocycles. The predicted octanol–water partition coefficient (Wildman–Crippen LogP) is 3.34. The number of rotatable bonds is 4. The summed E-state index contributed by atoms with van der Waals surface area (Å²) < 4.78 is 0. The quantitative estimate of drug-likeness (QED) is 0.858. The molecule has 0 saturated heterocycles. The van der Waals surface area contributed by atoms with E-state index >= 15 is 0 Å². The van der Waals surface area contributed by atoms with Gasteiger partial charge in [0, 0.05) is 18.2 Å². The molecule has 3 heteroatoms. The molecule has 1 aromatic rings. The van der Waals surface area contributed by atoms with Gasteiger partial charge in [-0.1, -0.05) is 39.0 Å². The van der Waals surface area contributed by atoms with Crippen molar-refractivity contribution in [3.63, 3.8) is 0 Å². The number of nitrogens with one attached hydrogen (secondary N) is 2. The largest absolute Gasteiger partial charge is 0.326 e. The van der Waals surface area contributed by atoms with E-state index in [1.54, 1.807) is 0 Å². The van der Waals surface area contributed by atoms with Gasteiger partial charge in [0.05, 0.1) is 0 Å². The van der Waals surface area contributed by atoms with Crippen LogP contribution in [0.15, 0.2) is 24.3 Å². The van der Waals surface area contributed by atoms with Crippen LogP contribution >= 0.6 is 0 Å². The van der Waals surface area contributed by atoms with Gasteiger partial charge in [0.1, 0.15) is 0 Å². The van der Waals surface area contributed by atoms with Gasteiger partial charge < -0.3 is 10.6 Å². The van der Waals surface area contributed by atoms with Gasteiger partial charge in [-0.25, -0.2) is 0 Å². The van der Waals surface area contributed by atoms with Crippen LogP contribution in [0.1, 0.15) is 45.7 Å². The Labute approximate surface area is 110 Å². The highest BCUT2D eigenvalue weighted by Crippen LogP contribution is 2.24. The Morgan fingerprint density at radius 1 is 1.28 bits per heavy atom. The summed E-state index contributed by atoms with van der Waals surface area (Å²) in [5.74, 6) is 0.0678. The van der Waals surface area contributed by atoms with Crippen LogP contribution in [0.2, 0.25) is 0 Å². The minimum absolute atomic E-state index is 0.00759. The first-order valence-electron chi connectivity index (χ1n) is 6.39. The molecular weight excluding hydrogens is 224 g/mol. The molecule has 0 bridgehead atoms. The van der Waals surface area contributed by atoms with Crippen molar-refractivity contribution in [3.8, 4) is 0 Å². The summed E-state index contributed by atoms with van der Waals surface area (Å²) in [6.07, 6.45) is 0.523. The lowest BCUT2D eigenvalue weighted by molar-refractivity contribution is -0.117. The molecule has 0 radical (unpaired) electrons. The van der Waals surface area contributed by atoms with Gasteiger partial charge in [-0.15, -0.1) is 0 Å². The van der Waals surface area contributed by atoms with Crippen molar-refractivity contribution in [3.05, 3.63) is 29.8 Å². The van der Waals surface area contributed by atoms with Crippen molar-refractivity contribution in [1.29, 1.82) is 0 Å². The Morgan fingerprint density at radius 2 is 1.89 bits per heavy atom. The van der Waals surface area contributed by atoms with Gasteiger partial charge in [-0.2, -0.15) is 0 Å². The third-order valence-electron chi connectivity index (χ3n) is 2.83. The van der Waals surface area contributed by atoms with Crippen molar-refractivity contribution in [1.82, 2.24) is 5.32 Å². The average molecular weight is 248 g/mol. The van der Waals surface area contributed by atoms with Crippen molar-refractivity contribution in [2.24, 2.45) is 5.41 Å². The minimum atomic E-state index is 0.00759. The zero-order valence-electron chi connectivity index (χ0n) is 12.0. The summed E-state index contributed by atoms with van der Waals surface area (Å²) in [5, 5.41) is 6.20. The fraction of sp³-hybridized carbons (Fsp3) is 0.533. The summed E-state index contributed by atoms with van der Waals surface area (Å²) in [6, 6.07) is 8.13. The Bertz CT molecular complexity index is 407. The maximum absolute atomic E-state index is 12.0. The fourth-order valence-corrected chi connectivity index (χ4v) is 1.82. The molecule has 0 spiro atoms.